The van der Waals surface area contributed by atoms with E-state index in [9.17, 15) is 9.59 Å². The van der Waals surface area contributed by atoms with Gasteiger partial charge in [-0.1, -0.05) is 54.6 Å². The molecule has 0 aliphatic heterocycles. The van der Waals surface area contributed by atoms with E-state index in [4.69, 9.17) is 0 Å². The molecule has 2 heteroatoms. The van der Waals surface area contributed by atoms with Crippen molar-refractivity contribution in [3.05, 3.63) is 71.3 Å². The van der Waals surface area contributed by atoms with Gasteiger partial charge >= 0.3 is 0 Å². The quantitative estimate of drug-likeness (QED) is 0.575. The molecule has 0 unspecified atom stereocenters. The van der Waals surface area contributed by atoms with E-state index in [1.165, 1.54) is 0 Å². The van der Waals surface area contributed by atoms with E-state index >= 15 is 0 Å². The van der Waals surface area contributed by atoms with Gasteiger partial charge in [-0.3, -0.25) is 9.59 Å². The molecule has 0 heterocycles. The summed E-state index contributed by atoms with van der Waals surface area (Å²) in [6.07, 6.45) is 1.78. The summed E-state index contributed by atoms with van der Waals surface area (Å²) in [6, 6.07) is 15.5. The molecule has 2 nitrogen and oxygen atoms in total. The molecule has 0 N–H and O–H groups in total. The van der Waals surface area contributed by atoms with E-state index in [2.05, 4.69) is 0 Å². The molecule has 0 saturated heterocycles. The lowest BCUT2D eigenvalue weighted by molar-refractivity contribution is 0.103. The van der Waals surface area contributed by atoms with Crippen LogP contribution in [0.25, 0.3) is 0 Å². The van der Waals surface area contributed by atoms with Crippen LogP contribution < -0.4 is 0 Å². The van der Waals surface area contributed by atoms with Crippen LogP contribution in [0, 0.1) is 0 Å². The minimum Gasteiger partial charge on any atom is -0.289 e. The van der Waals surface area contributed by atoms with Crippen LogP contribution in [0.15, 0.2) is 54.6 Å². The Kier molecular flexibility index (Phi) is 2.92. The molecule has 0 atom stereocenters. The van der Waals surface area contributed by atoms with Crippen molar-refractivity contribution in [3.63, 3.8) is 0 Å². The Bertz CT molecular complexity index is 515. The zero-order valence-electron chi connectivity index (χ0n) is 8.51. The second-order valence-corrected chi connectivity index (χ2v) is 3.34. The van der Waals surface area contributed by atoms with Gasteiger partial charge in [-0.25, -0.2) is 0 Å². The first kappa shape index (κ1) is 10.3. The second kappa shape index (κ2) is 4.53. The topological polar surface area (TPSA) is 34.1 Å². The number of hydrogen-bond donors (Lipinski definition) is 0. The zero-order chi connectivity index (χ0) is 11.4. The average molecular weight is 210 g/mol. The Morgan fingerprint density at radius 2 is 1.50 bits per heavy atom. The molecule has 0 aromatic heterocycles. The van der Waals surface area contributed by atoms with Gasteiger partial charge in [-0.15, -0.1) is 0 Å². The molecule has 2 aromatic carbocycles. The maximum absolute atomic E-state index is 12.0. The molecule has 0 bridgehead atoms. The highest BCUT2D eigenvalue weighted by atomic mass is 16.2. The number of rotatable bonds is 3. The molecule has 0 aliphatic carbocycles. The summed E-state index contributed by atoms with van der Waals surface area (Å²) in [6.45, 7) is 0. The van der Waals surface area contributed by atoms with Crippen molar-refractivity contribution in [1.82, 2.24) is 0 Å². The van der Waals surface area contributed by atoms with Crippen molar-refractivity contribution < 1.29 is 9.59 Å². The standard InChI is InChI=1S/C14H9O2/c15-10-12-8-4-5-9-13(12)14(16)11-6-2-1-3-7-11/h1-9H/i10+1. The van der Waals surface area contributed by atoms with Crippen molar-refractivity contribution >= 4 is 12.1 Å². The van der Waals surface area contributed by atoms with Crippen LogP contribution in [-0.4, -0.2) is 12.1 Å². The van der Waals surface area contributed by atoms with Crippen LogP contribution in [0.5, 0.6) is 0 Å². The van der Waals surface area contributed by atoms with Gasteiger partial charge in [0.1, 0.15) is 0 Å². The highest BCUT2D eigenvalue weighted by molar-refractivity contribution is 6.12. The van der Waals surface area contributed by atoms with Crippen LogP contribution in [0.2, 0.25) is 0 Å². The largest absolute Gasteiger partial charge is 0.289 e. The molecule has 0 fully saturated rings. The first-order valence-corrected chi connectivity index (χ1v) is 4.90. The van der Waals surface area contributed by atoms with Gasteiger partial charge in [0.25, 0.3) is 0 Å². The van der Waals surface area contributed by atoms with Crippen LogP contribution in [0.1, 0.15) is 21.5 Å². The maximum Gasteiger partial charge on any atom is 0.234 e. The normalized spacial score (nSPS) is 9.75. The third kappa shape index (κ3) is 1.91. The lowest BCUT2D eigenvalue weighted by Crippen LogP contribution is -2.04. The van der Waals surface area contributed by atoms with E-state index in [-0.39, 0.29) is 5.78 Å². The number of benzene rings is 2. The van der Waals surface area contributed by atoms with Crippen molar-refractivity contribution in [2.45, 2.75) is 0 Å². The molecule has 2 rings (SSSR count). The highest BCUT2D eigenvalue weighted by Gasteiger charge is 2.12. The van der Waals surface area contributed by atoms with Gasteiger partial charge in [-0.05, 0) is 0 Å². The minimum absolute atomic E-state index is 0.153. The van der Waals surface area contributed by atoms with E-state index < -0.39 is 0 Å². The Hall–Kier alpha value is -2.22. The number of carbonyl (C=O) groups is 1. The summed E-state index contributed by atoms with van der Waals surface area (Å²) in [4.78, 5) is 22.7. The first-order chi connectivity index (χ1) is 7.83. The first-order valence-electron chi connectivity index (χ1n) is 4.90. The van der Waals surface area contributed by atoms with Gasteiger partial charge in [-0.2, -0.15) is 0 Å². The Balaban J connectivity index is 2.46. The summed E-state index contributed by atoms with van der Waals surface area (Å²) < 4.78 is 0. The summed E-state index contributed by atoms with van der Waals surface area (Å²) in [5, 5.41) is 0. The molecule has 2 aromatic rings. The van der Waals surface area contributed by atoms with Gasteiger partial charge in [0.2, 0.25) is 6.29 Å². The monoisotopic (exact) mass is 210 g/mol. The zero-order valence-corrected chi connectivity index (χ0v) is 8.51. The smallest absolute Gasteiger partial charge is 0.234 e. The molecule has 16 heavy (non-hydrogen) atoms. The van der Waals surface area contributed by atoms with Gasteiger partial charge < -0.3 is 0 Å². The van der Waals surface area contributed by atoms with Gasteiger partial charge in [0.05, 0.1) is 0 Å². The third-order valence-corrected chi connectivity index (χ3v) is 2.32. The lowest BCUT2D eigenvalue weighted by atomic mass is 10.0. The summed E-state index contributed by atoms with van der Waals surface area (Å²) in [7, 11) is 0. The summed E-state index contributed by atoms with van der Waals surface area (Å²) in [5.41, 5.74) is 1.27. The number of ketones is 1. The van der Waals surface area contributed by atoms with Crippen LogP contribution >= 0.6 is 0 Å². The van der Waals surface area contributed by atoms with E-state index in [1.807, 2.05) is 6.07 Å². The summed E-state index contributed by atoms with van der Waals surface area (Å²) in [5.74, 6) is -0.153. The Labute approximate surface area is 93.5 Å². The number of hydrogen-bond acceptors (Lipinski definition) is 2. The molecule has 1 radical (unpaired) electrons. The van der Waals surface area contributed by atoms with Crippen LogP contribution in [0.3, 0.4) is 0 Å². The van der Waals surface area contributed by atoms with Gasteiger partial charge in [0, 0.05) is 16.7 Å². The van der Waals surface area contributed by atoms with Crippen molar-refractivity contribution in [2.24, 2.45) is 0 Å². The van der Waals surface area contributed by atoms with Crippen LogP contribution in [0.4, 0.5) is 0 Å². The fourth-order valence-electron chi connectivity index (χ4n) is 1.52. The fourth-order valence-corrected chi connectivity index (χ4v) is 1.52. The SMILES string of the molecule is O=[13C]c1ccccc1C(=O)c1ccccc1. The molecule has 77 valence electrons. The molecule has 0 saturated carbocycles. The maximum atomic E-state index is 12.0. The lowest BCUT2D eigenvalue weighted by Gasteiger charge is -2.02. The number of carbonyl (C=O) groups excluding carboxylic acids is 2. The minimum atomic E-state index is -0.153. The Morgan fingerprint density at radius 1 is 0.875 bits per heavy atom. The van der Waals surface area contributed by atoms with E-state index in [1.54, 1.807) is 54.8 Å². The molecular weight excluding hydrogens is 201 g/mol. The highest BCUT2D eigenvalue weighted by Crippen LogP contribution is 2.12. The Morgan fingerprint density at radius 3 is 2.19 bits per heavy atom. The molecule has 0 aliphatic rings. The predicted molar refractivity (Wildman–Crippen MR) is 61.1 cm³/mol. The van der Waals surface area contributed by atoms with Crippen molar-refractivity contribution in [1.29, 1.82) is 0 Å². The van der Waals surface area contributed by atoms with Crippen molar-refractivity contribution in [2.75, 3.05) is 0 Å². The average Bonchev–Trinajstić information content (AvgIpc) is 2.39. The fraction of sp³-hybridized carbons (Fsp3) is 0. The van der Waals surface area contributed by atoms with E-state index in [0.717, 1.165) is 0 Å². The molecule has 0 spiro atoms. The summed E-state index contributed by atoms with van der Waals surface area (Å²) >= 11 is 0. The van der Waals surface area contributed by atoms with E-state index in [0.29, 0.717) is 16.7 Å². The second-order valence-electron chi connectivity index (χ2n) is 3.34. The van der Waals surface area contributed by atoms with Gasteiger partial charge in [0.15, 0.2) is 5.78 Å². The van der Waals surface area contributed by atoms with Crippen LogP contribution in [-0.2, 0) is 4.79 Å². The van der Waals surface area contributed by atoms with Crippen molar-refractivity contribution in [3.8, 4) is 0 Å². The predicted octanol–water partition coefficient (Wildman–Crippen LogP) is 2.38. The third-order valence-electron chi connectivity index (χ3n) is 2.32. The molecule has 0 amide bonds. The molecular formula is C14H9O2.